The Morgan fingerprint density at radius 2 is 1.87 bits per heavy atom. The number of nitrogens with zero attached hydrogens (tertiary/aromatic N) is 2. The van der Waals surface area contributed by atoms with E-state index in [-0.39, 0.29) is 22.4 Å². The Hall–Kier alpha value is -1.92. The molecule has 2 heterocycles. The average Bonchev–Trinajstić information content (AvgIpc) is 3.23. The van der Waals surface area contributed by atoms with Gasteiger partial charge in [0, 0.05) is 11.5 Å². The number of piperidine rings is 1. The molecule has 1 aliphatic heterocycles. The predicted molar refractivity (Wildman–Crippen MR) is 154 cm³/mol. The summed E-state index contributed by atoms with van der Waals surface area (Å²) in [5.41, 5.74) is 2.66. The van der Waals surface area contributed by atoms with E-state index in [0.29, 0.717) is 18.4 Å². The Kier molecular flexibility index (Phi) is 7.56. The normalized spacial score (nSPS) is 39.5. The van der Waals surface area contributed by atoms with Gasteiger partial charge < -0.3 is 19.3 Å². The van der Waals surface area contributed by atoms with E-state index in [4.69, 9.17) is 9.25 Å². The van der Waals surface area contributed by atoms with Gasteiger partial charge in [0.05, 0.1) is 17.6 Å². The van der Waals surface area contributed by atoms with Crippen LogP contribution in [0, 0.1) is 22.7 Å². The molecule has 3 saturated carbocycles. The molecule has 214 valence electrons. The predicted octanol–water partition coefficient (Wildman–Crippen LogP) is 6.44. The minimum absolute atomic E-state index is 0.130. The Balaban J connectivity index is 1.09. The largest absolute Gasteiger partial charge is 0.431 e. The van der Waals surface area contributed by atoms with Crippen molar-refractivity contribution in [3.8, 4) is 0 Å². The number of unbranched alkanes of at least 4 members (excludes halogenated alkanes) is 1. The molecule has 6 rings (SSSR count). The van der Waals surface area contributed by atoms with Crippen molar-refractivity contribution >= 4 is 5.71 Å². The van der Waals surface area contributed by atoms with Crippen molar-refractivity contribution in [1.82, 2.24) is 4.90 Å². The summed E-state index contributed by atoms with van der Waals surface area (Å²) in [5, 5.41) is 17.0. The first-order valence-corrected chi connectivity index (χ1v) is 15.8. The number of fused-ring (bicyclic) bond motifs is 5. The SMILES string of the molecule is C[C@]12CC/C(=N\OCCCCN3CCCCC3)C=C1CCC1C2CC[C@]2(C)[C@@H](c3ccc(=O)oc3)CC[C@]12O. The second-order valence-electron chi connectivity index (χ2n) is 13.7. The summed E-state index contributed by atoms with van der Waals surface area (Å²) >= 11 is 0. The van der Waals surface area contributed by atoms with E-state index >= 15 is 0 Å². The van der Waals surface area contributed by atoms with Crippen LogP contribution in [-0.2, 0) is 4.84 Å². The van der Waals surface area contributed by atoms with Gasteiger partial charge in [-0.1, -0.05) is 31.0 Å². The summed E-state index contributed by atoms with van der Waals surface area (Å²) in [7, 11) is 0. The van der Waals surface area contributed by atoms with Crippen molar-refractivity contribution in [2.75, 3.05) is 26.2 Å². The lowest BCUT2D eigenvalue weighted by Crippen LogP contribution is -2.60. The summed E-state index contributed by atoms with van der Waals surface area (Å²) in [6, 6.07) is 3.45. The zero-order valence-electron chi connectivity index (χ0n) is 24.1. The van der Waals surface area contributed by atoms with Crippen LogP contribution in [0.2, 0.25) is 0 Å². The lowest BCUT2D eigenvalue weighted by Gasteiger charge is -2.61. The summed E-state index contributed by atoms with van der Waals surface area (Å²) in [6.07, 6.45) is 18.4. The topological polar surface area (TPSA) is 75.3 Å². The van der Waals surface area contributed by atoms with Crippen LogP contribution < -0.4 is 5.63 Å². The number of aliphatic hydroxyl groups is 1. The highest BCUT2D eigenvalue weighted by Gasteiger charge is 2.66. The Morgan fingerprint density at radius 1 is 1.03 bits per heavy atom. The van der Waals surface area contributed by atoms with Crippen LogP contribution >= 0.6 is 0 Å². The molecule has 4 aliphatic carbocycles. The highest BCUT2D eigenvalue weighted by molar-refractivity contribution is 5.96. The fourth-order valence-electron chi connectivity index (χ4n) is 9.53. The second kappa shape index (κ2) is 10.8. The minimum atomic E-state index is -0.670. The molecule has 39 heavy (non-hydrogen) atoms. The van der Waals surface area contributed by atoms with Gasteiger partial charge >= 0.3 is 5.63 Å². The zero-order valence-corrected chi connectivity index (χ0v) is 24.1. The quantitative estimate of drug-likeness (QED) is 0.321. The fraction of sp³-hybridized carbons (Fsp3) is 0.758. The number of hydrogen-bond donors (Lipinski definition) is 1. The summed E-state index contributed by atoms with van der Waals surface area (Å²) in [6.45, 7) is 9.19. The van der Waals surface area contributed by atoms with E-state index < -0.39 is 5.60 Å². The number of allylic oxidation sites excluding steroid dienone is 2. The minimum Gasteiger partial charge on any atom is -0.431 e. The Morgan fingerprint density at radius 3 is 2.67 bits per heavy atom. The fourth-order valence-corrected chi connectivity index (χ4v) is 9.53. The number of likely N-dealkylation sites (tertiary alicyclic amines) is 1. The molecule has 5 aliphatic rings. The van der Waals surface area contributed by atoms with Crippen LogP contribution in [-0.4, -0.2) is 47.6 Å². The number of rotatable bonds is 7. The van der Waals surface area contributed by atoms with Gasteiger partial charge in [0.1, 0.15) is 6.61 Å². The molecule has 1 N–H and O–H groups in total. The third kappa shape index (κ3) is 4.84. The molecule has 0 amide bonds. The van der Waals surface area contributed by atoms with Crippen LogP contribution in [0.4, 0.5) is 0 Å². The summed E-state index contributed by atoms with van der Waals surface area (Å²) in [5.74, 6) is 1.05. The van der Waals surface area contributed by atoms with Gasteiger partial charge in [-0.15, -0.1) is 0 Å². The highest BCUT2D eigenvalue weighted by atomic mass is 16.6. The number of oxime groups is 1. The van der Waals surface area contributed by atoms with E-state index in [0.717, 1.165) is 69.1 Å². The summed E-state index contributed by atoms with van der Waals surface area (Å²) in [4.78, 5) is 19.9. The summed E-state index contributed by atoms with van der Waals surface area (Å²) < 4.78 is 5.24. The van der Waals surface area contributed by atoms with E-state index in [1.54, 1.807) is 6.26 Å². The first kappa shape index (κ1) is 27.3. The van der Waals surface area contributed by atoms with E-state index in [2.05, 4.69) is 30.0 Å². The standard InChI is InChI=1S/C33H48N2O4/c1-31-15-12-26(34-39-21-7-6-20-35-18-4-3-5-19-35)22-25(31)9-10-29-28(31)13-16-32(2)27(14-17-33(29,32)37)24-8-11-30(36)38-23-24/h8,11,22-23,27-29,37H,3-7,9-10,12-21H2,1-2H3/b34-26+/t27-,28?,29?,31+,32-,33+/m1/s1. The molecule has 0 aromatic carbocycles. The Bertz CT molecular complexity index is 1130. The maximum absolute atomic E-state index is 12.4. The van der Waals surface area contributed by atoms with Crippen molar-refractivity contribution < 1.29 is 14.4 Å². The highest BCUT2D eigenvalue weighted by Crippen LogP contribution is 2.69. The molecule has 6 atom stereocenters. The van der Waals surface area contributed by atoms with E-state index in [1.807, 2.05) is 6.07 Å². The molecule has 1 aromatic rings. The smallest absolute Gasteiger partial charge is 0.335 e. The van der Waals surface area contributed by atoms with Crippen molar-refractivity contribution in [3.05, 3.63) is 46.0 Å². The maximum atomic E-state index is 12.4. The molecular weight excluding hydrogens is 488 g/mol. The molecule has 0 spiro atoms. The van der Waals surface area contributed by atoms with E-state index in [1.165, 1.54) is 57.0 Å². The van der Waals surface area contributed by atoms with Crippen molar-refractivity contribution in [1.29, 1.82) is 0 Å². The molecular formula is C33H48N2O4. The van der Waals surface area contributed by atoms with Gasteiger partial charge in [-0.3, -0.25) is 0 Å². The number of hydrogen-bond acceptors (Lipinski definition) is 6. The molecule has 2 unspecified atom stereocenters. The van der Waals surface area contributed by atoms with Crippen LogP contribution in [0.25, 0.3) is 0 Å². The van der Waals surface area contributed by atoms with Crippen LogP contribution in [0.1, 0.15) is 109 Å². The lowest BCUT2D eigenvalue weighted by atomic mass is 9.45. The lowest BCUT2D eigenvalue weighted by molar-refractivity contribution is -0.176. The third-order valence-corrected chi connectivity index (χ3v) is 11.9. The van der Waals surface area contributed by atoms with Crippen LogP contribution in [0.15, 0.2) is 44.4 Å². The average molecular weight is 537 g/mol. The van der Waals surface area contributed by atoms with Gasteiger partial charge in [0.25, 0.3) is 0 Å². The molecule has 1 aromatic heterocycles. The first-order valence-electron chi connectivity index (χ1n) is 15.8. The molecule has 1 saturated heterocycles. The molecule has 0 radical (unpaired) electrons. The van der Waals surface area contributed by atoms with Gasteiger partial charge in [-0.05, 0) is 138 Å². The van der Waals surface area contributed by atoms with Crippen molar-refractivity contribution in [3.63, 3.8) is 0 Å². The first-order chi connectivity index (χ1) is 18.8. The van der Waals surface area contributed by atoms with Crippen molar-refractivity contribution in [2.24, 2.45) is 27.8 Å². The van der Waals surface area contributed by atoms with Gasteiger partial charge in [-0.2, -0.15) is 0 Å². The Labute approximate surface area is 233 Å². The van der Waals surface area contributed by atoms with Crippen LogP contribution in [0.5, 0.6) is 0 Å². The molecule has 6 heteroatoms. The monoisotopic (exact) mass is 536 g/mol. The zero-order chi connectivity index (χ0) is 27.1. The van der Waals surface area contributed by atoms with Crippen LogP contribution in [0.3, 0.4) is 0 Å². The van der Waals surface area contributed by atoms with E-state index in [9.17, 15) is 9.90 Å². The van der Waals surface area contributed by atoms with Gasteiger partial charge in [-0.25, -0.2) is 4.79 Å². The van der Waals surface area contributed by atoms with Gasteiger partial charge in [0.15, 0.2) is 0 Å². The second-order valence-corrected chi connectivity index (χ2v) is 13.7. The molecule has 4 fully saturated rings. The third-order valence-electron chi connectivity index (χ3n) is 11.9. The van der Waals surface area contributed by atoms with Gasteiger partial charge in [0.2, 0.25) is 0 Å². The molecule has 0 bridgehead atoms. The maximum Gasteiger partial charge on any atom is 0.335 e. The molecule has 6 nitrogen and oxygen atoms in total. The van der Waals surface area contributed by atoms with Crippen molar-refractivity contribution in [2.45, 2.75) is 109 Å².